The number of hydrogen-bond donors (Lipinski definition) is 2. The zero-order chi connectivity index (χ0) is 17.1. The van der Waals surface area contributed by atoms with Gasteiger partial charge in [-0.25, -0.2) is 4.39 Å². The molecule has 1 aromatic carbocycles. The highest BCUT2D eigenvalue weighted by Gasteiger charge is 2.41. The number of benzene rings is 1. The minimum atomic E-state index is -4.55. The Kier molecular flexibility index (Phi) is 6.37. The highest BCUT2D eigenvalue weighted by Crippen LogP contribution is 2.40. The molecule has 3 nitrogen and oxygen atoms in total. The van der Waals surface area contributed by atoms with Gasteiger partial charge in [0.15, 0.2) is 0 Å². The summed E-state index contributed by atoms with van der Waals surface area (Å²) < 4.78 is 53.2. The van der Waals surface area contributed by atoms with Crippen LogP contribution in [0.4, 0.5) is 17.6 Å². The second kappa shape index (κ2) is 7.41. The molecular formula is C14H16BrF4NO2. The fraction of sp³-hybridized carbons (Fsp3) is 0.500. The van der Waals surface area contributed by atoms with Crippen LogP contribution in [0, 0.1) is 11.7 Å². The van der Waals surface area contributed by atoms with Crippen LogP contribution in [0.25, 0.3) is 0 Å². The first-order valence-electron chi connectivity index (χ1n) is 6.52. The lowest BCUT2D eigenvalue weighted by molar-refractivity contribution is -0.154. The van der Waals surface area contributed by atoms with E-state index in [0.717, 1.165) is 6.07 Å². The number of carbonyl (C=O) groups is 1. The van der Waals surface area contributed by atoms with Crippen LogP contribution in [0.3, 0.4) is 0 Å². The zero-order valence-corrected chi connectivity index (χ0v) is 13.3. The van der Waals surface area contributed by atoms with Gasteiger partial charge in [0.1, 0.15) is 11.9 Å². The smallest absolute Gasteiger partial charge is 0.395 e. The highest BCUT2D eigenvalue weighted by molar-refractivity contribution is 9.10. The predicted octanol–water partition coefficient (Wildman–Crippen LogP) is 4.06. The third-order valence-corrected chi connectivity index (χ3v) is 4.00. The number of hydrogen-bond acceptors (Lipinski definition) is 2. The second-order valence-electron chi connectivity index (χ2n) is 5.29. The van der Waals surface area contributed by atoms with Crippen molar-refractivity contribution in [2.75, 3.05) is 0 Å². The van der Waals surface area contributed by atoms with Crippen LogP contribution in [0.2, 0.25) is 0 Å². The molecule has 0 aliphatic carbocycles. The fourth-order valence-corrected chi connectivity index (χ4v) is 2.47. The summed E-state index contributed by atoms with van der Waals surface area (Å²) in [6.45, 7) is 1.50. The summed E-state index contributed by atoms with van der Waals surface area (Å²) >= 11 is 2.89. The minimum Gasteiger partial charge on any atom is -0.480 e. The van der Waals surface area contributed by atoms with Crippen LogP contribution in [-0.2, 0) is 4.79 Å². The second-order valence-corrected chi connectivity index (χ2v) is 6.14. The Morgan fingerprint density at radius 1 is 1.36 bits per heavy atom. The quantitative estimate of drug-likeness (QED) is 0.725. The molecule has 0 fully saturated rings. The molecule has 124 valence electrons. The van der Waals surface area contributed by atoms with E-state index in [9.17, 15) is 22.4 Å². The monoisotopic (exact) mass is 385 g/mol. The molecule has 8 heteroatoms. The number of nitrogens with two attached hydrogens (primary N) is 1. The first kappa shape index (κ1) is 18.9. The van der Waals surface area contributed by atoms with E-state index in [4.69, 9.17) is 10.8 Å². The summed E-state index contributed by atoms with van der Waals surface area (Å²) in [5.74, 6) is -4.48. The minimum absolute atomic E-state index is 0.0816. The molecule has 1 aromatic rings. The van der Waals surface area contributed by atoms with Gasteiger partial charge in [-0.1, -0.05) is 13.0 Å². The van der Waals surface area contributed by atoms with E-state index in [1.165, 1.54) is 19.1 Å². The Morgan fingerprint density at radius 2 is 1.95 bits per heavy atom. The van der Waals surface area contributed by atoms with Gasteiger partial charge in [-0.05, 0) is 52.4 Å². The molecule has 0 aromatic heterocycles. The van der Waals surface area contributed by atoms with Crippen molar-refractivity contribution in [2.45, 2.75) is 37.9 Å². The van der Waals surface area contributed by atoms with Crippen LogP contribution in [-0.4, -0.2) is 23.3 Å². The molecule has 0 saturated carbocycles. The summed E-state index contributed by atoms with van der Waals surface area (Å²) in [5.41, 5.74) is 5.15. The fourth-order valence-electron chi connectivity index (χ4n) is 2.22. The van der Waals surface area contributed by atoms with E-state index in [1.54, 1.807) is 0 Å². The van der Waals surface area contributed by atoms with Gasteiger partial charge >= 0.3 is 12.1 Å². The molecule has 0 amide bonds. The molecule has 3 N–H and O–H groups in total. The third kappa shape index (κ3) is 5.24. The maximum atomic E-state index is 13.5. The lowest BCUT2D eigenvalue weighted by Gasteiger charge is -2.25. The molecule has 0 bridgehead atoms. The Morgan fingerprint density at radius 3 is 2.41 bits per heavy atom. The number of halogens is 5. The largest absolute Gasteiger partial charge is 0.480 e. The summed E-state index contributed by atoms with van der Waals surface area (Å²) in [7, 11) is 0. The van der Waals surface area contributed by atoms with Gasteiger partial charge in [0.05, 0.1) is 10.4 Å². The number of alkyl halides is 3. The van der Waals surface area contributed by atoms with Crippen LogP contribution < -0.4 is 5.73 Å². The maximum absolute atomic E-state index is 13.5. The number of carboxylic acid groups (broad SMARTS) is 1. The normalized spacial score (nSPS) is 16.1. The van der Waals surface area contributed by atoms with Crippen LogP contribution in [0.15, 0.2) is 22.7 Å². The SMILES string of the molecule is CC(CC(c1ccc(Br)c(F)c1)C(F)(F)F)C[C@H](N)C(=O)O. The lowest BCUT2D eigenvalue weighted by Crippen LogP contribution is -2.33. The van der Waals surface area contributed by atoms with Gasteiger partial charge in [-0.15, -0.1) is 0 Å². The third-order valence-electron chi connectivity index (χ3n) is 3.35. The molecule has 0 spiro atoms. The predicted molar refractivity (Wildman–Crippen MR) is 76.9 cm³/mol. The number of carboxylic acids is 1. The molecule has 22 heavy (non-hydrogen) atoms. The van der Waals surface area contributed by atoms with E-state index in [0.29, 0.717) is 0 Å². The van der Waals surface area contributed by atoms with Crippen molar-refractivity contribution < 1.29 is 27.5 Å². The Labute approximate surface area is 133 Å². The Balaban J connectivity index is 2.95. The van der Waals surface area contributed by atoms with Crippen molar-refractivity contribution in [3.05, 3.63) is 34.1 Å². The highest BCUT2D eigenvalue weighted by atomic mass is 79.9. The van der Waals surface area contributed by atoms with Crippen molar-refractivity contribution in [1.29, 1.82) is 0 Å². The molecule has 0 heterocycles. The summed E-state index contributed by atoms with van der Waals surface area (Å²) in [6.07, 6.45) is -4.99. The van der Waals surface area contributed by atoms with Gasteiger partial charge in [-0.3, -0.25) is 4.79 Å². The van der Waals surface area contributed by atoms with Crippen molar-refractivity contribution in [1.82, 2.24) is 0 Å². The average molecular weight is 386 g/mol. The van der Waals surface area contributed by atoms with Gasteiger partial charge in [-0.2, -0.15) is 13.2 Å². The Bertz CT molecular complexity index is 536. The maximum Gasteiger partial charge on any atom is 0.395 e. The number of aliphatic carboxylic acids is 1. The summed E-state index contributed by atoms with van der Waals surface area (Å²) in [5, 5.41) is 8.71. The van der Waals surface area contributed by atoms with Crippen molar-refractivity contribution in [3.8, 4) is 0 Å². The van der Waals surface area contributed by atoms with Crippen molar-refractivity contribution in [3.63, 3.8) is 0 Å². The van der Waals surface area contributed by atoms with Crippen LogP contribution in [0.1, 0.15) is 31.2 Å². The average Bonchev–Trinajstić information content (AvgIpc) is 2.38. The van der Waals surface area contributed by atoms with E-state index >= 15 is 0 Å². The van der Waals surface area contributed by atoms with Crippen LogP contribution >= 0.6 is 15.9 Å². The summed E-state index contributed by atoms with van der Waals surface area (Å²) in [6, 6.07) is 2.05. The van der Waals surface area contributed by atoms with Gasteiger partial charge in [0.2, 0.25) is 0 Å². The Hall–Kier alpha value is -1.15. The van der Waals surface area contributed by atoms with Crippen LogP contribution in [0.5, 0.6) is 0 Å². The molecule has 3 atom stereocenters. The molecule has 2 unspecified atom stereocenters. The first-order chi connectivity index (χ1) is 10.0. The van der Waals surface area contributed by atoms with E-state index in [2.05, 4.69) is 15.9 Å². The summed E-state index contributed by atoms with van der Waals surface area (Å²) in [4.78, 5) is 10.7. The molecule has 0 aliphatic rings. The van der Waals surface area contributed by atoms with E-state index in [1.807, 2.05) is 0 Å². The standard InChI is InChI=1S/C14H16BrF4NO2/c1-7(5-12(20)13(21)22)4-9(14(17,18)19)8-2-3-10(15)11(16)6-8/h2-3,6-7,9,12H,4-5,20H2,1H3,(H,21,22)/t7?,9?,12-/m0/s1. The zero-order valence-electron chi connectivity index (χ0n) is 11.7. The van der Waals surface area contributed by atoms with Crippen molar-refractivity contribution in [2.24, 2.45) is 11.7 Å². The number of rotatable bonds is 6. The molecule has 0 aliphatic heterocycles. The topological polar surface area (TPSA) is 63.3 Å². The lowest BCUT2D eigenvalue weighted by atomic mass is 9.86. The molecular weight excluding hydrogens is 370 g/mol. The van der Waals surface area contributed by atoms with Crippen molar-refractivity contribution >= 4 is 21.9 Å². The first-order valence-corrected chi connectivity index (χ1v) is 7.31. The van der Waals surface area contributed by atoms with Gasteiger partial charge in [0, 0.05) is 0 Å². The van der Waals surface area contributed by atoms with Gasteiger partial charge in [0.25, 0.3) is 0 Å². The van der Waals surface area contributed by atoms with E-state index < -0.39 is 35.8 Å². The molecule has 1 rings (SSSR count). The molecule has 0 saturated heterocycles. The van der Waals surface area contributed by atoms with Gasteiger partial charge < -0.3 is 10.8 Å². The van der Waals surface area contributed by atoms with E-state index in [-0.39, 0.29) is 22.9 Å². The molecule has 0 radical (unpaired) electrons.